The zero-order valence-corrected chi connectivity index (χ0v) is 16.6. The molecule has 0 N–H and O–H groups in total. The molecule has 27 heavy (non-hydrogen) atoms. The molecule has 142 valence electrons. The van der Waals surface area contributed by atoms with E-state index < -0.39 is 5.97 Å². The fourth-order valence-electron chi connectivity index (χ4n) is 2.98. The number of esters is 1. The van der Waals surface area contributed by atoms with Gasteiger partial charge in [-0.1, -0.05) is 28.1 Å². The number of hydrogen-bond acceptors (Lipinski definition) is 5. The Hall–Kier alpha value is -2.54. The van der Waals surface area contributed by atoms with Crippen molar-refractivity contribution in [3.05, 3.63) is 58.6 Å². The summed E-state index contributed by atoms with van der Waals surface area (Å²) in [7, 11) is 1.65. The van der Waals surface area contributed by atoms with Crippen LogP contribution in [0.15, 0.2) is 53.0 Å². The quantitative estimate of drug-likeness (QED) is 0.679. The number of amides is 1. The zero-order chi connectivity index (χ0) is 19.2. The number of benzene rings is 2. The summed E-state index contributed by atoms with van der Waals surface area (Å²) in [5.74, 6) is 0.143. The standard InChI is InChI=1S/C20H21BrN2O4/c1-26-18-5-3-2-4-17(18)22-10-12-23(13-11-22)19(24)14-27-20(25)15-6-8-16(21)9-7-15/h2-9H,10-14H2,1H3. The summed E-state index contributed by atoms with van der Waals surface area (Å²) < 4.78 is 11.4. The van der Waals surface area contributed by atoms with Gasteiger partial charge in [-0.15, -0.1) is 0 Å². The van der Waals surface area contributed by atoms with Crippen molar-refractivity contribution in [2.75, 3.05) is 44.8 Å². The molecule has 2 aromatic carbocycles. The highest BCUT2D eigenvalue weighted by molar-refractivity contribution is 9.10. The normalized spacial score (nSPS) is 14.0. The van der Waals surface area contributed by atoms with Crippen molar-refractivity contribution in [2.24, 2.45) is 0 Å². The second-order valence-corrected chi connectivity index (χ2v) is 7.04. The molecule has 6 nitrogen and oxygen atoms in total. The Kier molecular flexibility index (Phi) is 6.34. The molecule has 1 heterocycles. The van der Waals surface area contributed by atoms with E-state index in [0.29, 0.717) is 31.7 Å². The van der Waals surface area contributed by atoms with E-state index in [1.54, 1.807) is 36.3 Å². The molecule has 1 amide bonds. The van der Waals surface area contributed by atoms with Crippen LogP contribution in [-0.2, 0) is 9.53 Å². The first-order valence-electron chi connectivity index (χ1n) is 8.67. The largest absolute Gasteiger partial charge is 0.495 e. The molecule has 0 atom stereocenters. The summed E-state index contributed by atoms with van der Waals surface area (Å²) in [6.07, 6.45) is 0. The third-order valence-electron chi connectivity index (χ3n) is 4.46. The summed E-state index contributed by atoms with van der Waals surface area (Å²) in [6, 6.07) is 14.7. The van der Waals surface area contributed by atoms with E-state index in [9.17, 15) is 9.59 Å². The van der Waals surface area contributed by atoms with Gasteiger partial charge in [-0.2, -0.15) is 0 Å². The highest BCUT2D eigenvalue weighted by Crippen LogP contribution is 2.28. The third-order valence-corrected chi connectivity index (χ3v) is 4.99. The van der Waals surface area contributed by atoms with E-state index in [1.165, 1.54) is 0 Å². The van der Waals surface area contributed by atoms with Crippen molar-refractivity contribution < 1.29 is 19.1 Å². The number of nitrogens with zero attached hydrogens (tertiary/aromatic N) is 2. The number of carbonyl (C=O) groups is 2. The van der Waals surface area contributed by atoms with Crippen molar-refractivity contribution in [2.45, 2.75) is 0 Å². The number of anilines is 1. The molecule has 1 aliphatic rings. The monoisotopic (exact) mass is 432 g/mol. The van der Waals surface area contributed by atoms with Gasteiger partial charge in [-0.3, -0.25) is 4.79 Å². The maximum atomic E-state index is 12.4. The van der Waals surface area contributed by atoms with Gasteiger partial charge >= 0.3 is 5.97 Å². The lowest BCUT2D eigenvalue weighted by molar-refractivity contribution is -0.134. The molecule has 3 rings (SSSR count). The number of para-hydroxylation sites is 2. The minimum absolute atomic E-state index is 0.180. The molecular formula is C20H21BrN2O4. The van der Waals surface area contributed by atoms with Gasteiger partial charge in [0.25, 0.3) is 5.91 Å². The highest BCUT2D eigenvalue weighted by atomic mass is 79.9. The summed E-state index contributed by atoms with van der Waals surface area (Å²) in [4.78, 5) is 28.3. The fraction of sp³-hybridized carbons (Fsp3) is 0.300. The van der Waals surface area contributed by atoms with E-state index in [-0.39, 0.29) is 12.5 Å². The molecule has 0 aliphatic carbocycles. The molecule has 7 heteroatoms. The van der Waals surface area contributed by atoms with Gasteiger partial charge in [0.1, 0.15) is 5.75 Å². The van der Waals surface area contributed by atoms with E-state index in [0.717, 1.165) is 15.9 Å². The van der Waals surface area contributed by atoms with Gasteiger partial charge in [0.05, 0.1) is 18.4 Å². The Morgan fingerprint density at radius 3 is 2.33 bits per heavy atom. The van der Waals surface area contributed by atoms with Crippen LogP contribution in [0.25, 0.3) is 0 Å². The van der Waals surface area contributed by atoms with Crippen LogP contribution in [0.4, 0.5) is 5.69 Å². The van der Waals surface area contributed by atoms with Gasteiger partial charge in [0, 0.05) is 30.7 Å². The topological polar surface area (TPSA) is 59.1 Å². The molecule has 0 saturated carbocycles. The second kappa shape index (κ2) is 8.90. The Bertz CT molecular complexity index is 802. The number of piperazine rings is 1. The van der Waals surface area contributed by atoms with Crippen LogP contribution in [0.3, 0.4) is 0 Å². The Labute approximate surface area is 166 Å². The van der Waals surface area contributed by atoms with Crippen LogP contribution in [0.1, 0.15) is 10.4 Å². The zero-order valence-electron chi connectivity index (χ0n) is 15.1. The number of ether oxygens (including phenoxy) is 2. The Balaban J connectivity index is 1.50. The number of halogens is 1. The van der Waals surface area contributed by atoms with Gasteiger partial charge in [0.15, 0.2) is 6.61 Å². The Morgan fingerprint density at radius 1 is 1.00 bits per heavy atom. The molecular weight excluding hydrogens is 412 g/mol. The van der Waals surface area contributed by atoms with Crippen LogP contribution in [0.2, 0.25) is 0 Å². The molecule has 1 aliphatic heterocycles. The van der Waals surface area contributed by atoms with Crippen molar-refractivity contribution in [1.82, 2.24) is 4.90 Å². The average Bonchev–Trinajstić information content (AvgIpc) is 2.72. The first-order valence-corrected chi connectivity index (χ1v) is 9.46. The van der Waals surface area contributed by atoms with E-state index in [2.05, 4.69) is 20.8 Å². The third kappa shape index (κ3) is 4.80. The van der Waals surface area contributed by atoms with Gasteiger partial charge in [-0.05, 0) is 36.4 Å². The second-order valence-electron chi connectivity index (χ2n) is 6.12. The molecule has 2 aromatic rings. The maximum absolute atomic E-state index is 12.4. The molecule has 1 saturated heterocycles. The summed E-state index contributed by atoms with van der Waals surface area (Å²) in [6.45, 7) is 2.31. The summed E-state index contributed by atoms with van der Waals surface area (Å²) in [5.41, 5.74) is 1.45. The van der Waals surface area contributed by atoms with Crippen LogP contribution < -0.4 is 9.64 Å². The number of carbonyl (C=O) groups excluding carboxylic acids is 2. The maximum Gasteiger partial charge on any atom is 0.338 e. The Morgan fingerprint density at radius 2 is 1.67 bits per heavy atom. The molecule has 0 unspecified atom stereocenters. The average molecular weight is 433 g/mol. The lowest BCUT2D eigenvalue weighted by Crippen LogP contribution is -2.50. The van der Waals surface area contributed by atoms with Crippen molar-refractivity contribution >= 4 is 33.5 Å². The minimum Gasteiger partial charge on any atom is -0.495 e. The molecule has 0 radical (unpaired) electrons. The van der Waals surface area contributed by atoms with Gasteiger partial charge in [0.2, 0.25) is 0 Å². The molecule has 0 aromatic heterocycles. The molecule has 1 fully saturated rings. The first-order chi connectivity index (χ1) is 13.1. The number of methoxy groups -OCH3 is 1. The van der Waals surface area contributed by atoms with Crippen LogP contribution in [0, 0.1) is 0 Å². The highest BCUT2D eigenvalue weighted by Gasteiger charge is 2.23. The van der Waals surface area contributed by atoms with Crippen molar-refractivity contribution in [3.63, 3.8) is 0 Å². The van der Waals surface area contributed by atoms with Gasteiger partial charge < -0.3 is 19.3 Å². The fourth-order valence-corrected chi connectivity index (χ4v) is 3.24. The lowest BCUT2D eigenvalue weighted by atomic mass is 10.2. The van der Waals surface area contributed by atoms with Crippen LogP contribution in [0.5, 0.6) is 5.75 Å². The smallest absolute Gasteiger partial charge is 0.338 e. The van der Waals surface area contributed by atoms with E-state index >= 15 is 0 Å². The number of hydrogen-bond donors (Lipinski definition) is 0. The van der Waals surface area contributed by atoms with Crippen molar-refractivity contribution in [3.8, 4) is 5.75 Å². The van der Waals surface area contributed by atoms with E-state index in [1.807, 2.05) is 24.3 Å². The van der Waals surface area contributed by atoms with Crippen molar-refractivity contribution in [1.29, 1.82) is 0 Å². The predicted octanol–water partition coefficient (Wildman–Crippen LogP) is 2.96. The minimum atomic E-state index is -0.497. The lowest BCUT2D eigenvalue weighted by Gasteiger charge is -2.36. The number of rotatable bonds is 5. The SMILES string of the molecule is COc1ccccc1N1CCN(C(=O)COC(=O)c2ccc(Br)cc2)CC1. The molecule has 0 bridgehead atoms. The summed E-state index contributed by atoms with van der Waals surface area (Å²) >= 11 is 3.31. The van der Waals surface area contributed by atoms with Crippen LogP contribution in [-0.4, -0.2) is 56.7 Å². The van der Waals surface area contributed by atoms with Gasteiger partial charge in [-0.25, -0.2) is 4.79 Å². The predicted molar refractivity (Wildman–Crippen MR) is 106 cm³/mol. The van der Waals surface area contributed by atoms with Crippen LogP contribution >= 0.6 is 15.9 Å². The van der Waals surface area contributed by atoms with E-state index in [4.69, 9.17) is 9.47 Å². The summed E-state index contributed by atoms with van der Waals surface area (Å²) in [5, 5.41) is 0. The first kappa shape index (κ1) is 19.2. The molecule has 0 spiro atoms.